The van der Waals surface area contributed by atoms with Gasteiger partial charge in [0.05, 0.1) is 15.5 Å². The molecule has 1 aliphatic rings. The van der Waals surface area contributed by atoms with E-state index in [1.165, 1.54) is 0 Å². The average Bonchev–Trinajstić information content (AvgIpc) is 3.03. The Hall–Kier alpha value is -1.87. The topological polar surface area (TPSA) is 86.6 Å². The van der Waals surface area contributed by atoms with Gasteiger partial charge in [0, 0.05) is 18.1 Å². The maximum Gasteiger partial charge on any atom is 0.187 e. The minimum atomic E-state index is -3.77. The molecule has 0 amide bonds. The first-order chi connectivity index (χ1) is 14.3. The van der Waals surface area contributed by atoms with Gasteiger partial charge in [-0.05, 0) is 47.0 Å². The van der Waals surface area contributed by atoms with Crippen LogP contribution < -0.4 is 5.32 Å². The van der Waals surface area contributed by atoms with E-state index in [0.29, 0.717) is 28.6 Å². The van der Waals surface area contributed by atoms with Gasteiger partial charge in [-0.3, -0.25) is 9.11 Å². The average molecular weight is 464 g/mol. The van der Waals surface area contributed by atoms with Crippen molar-refractivity contribution in [2.45, 2.75) is 28.1 Å². The number of hydrogen-bond donors (Lipinski definition) is 3. The molecule has 0 saturated heterocycles. The zero-order valence-corrected chi connectivity index (χ0v) is 18.4. The van der Waals surface area contributed by atoms with Gasteiger partial charge in [0.1, 0.15) is 5.25 Å². The highest BCUT2D eigenvalue weighted by Gasteiger charge is 2.44. The largest absolute Gasteiger partial charge is 0.309 e. The lowest BCUT2D eigenvalue weighted by atomic mass is 10.0. The molecular weight excluding hydrogens is 442 g/mol. The van der Waals surface area contributed by atoms with Crippen molar-refractivity contribution in [3.63, 3.8) is 0 Å². The Morgan fingerprint density at radius 1 is 0.933 bits per heavy atom. The van der Waals surface area contributed by atoms with Gasteiger partial charge in [-0.2, -0.15) is 10.6 Å². The number of fused-ring (bicyclic) bond motifs is 1. The summed E-state index contributed by atoms with van der Waals surface area (Å²) in [6.45, 7) is 0.981. The van der Waals surface area contributed by atoms with Crippen molar-refractivity contribution in [1.82, 2.24) is 5.32 Å². The lowest BCUT2D eigenvalue weighted by Gasteiger charge is -2.27. The van der Waals surface area contributed by atoms with E-state index >= 15 is 0 Å². The van der Waals surface area contributed by atoms with Crippen LogP contribution in [-0.4, -0.2) is 23.3 Å². The molecule has 1 aliphatic heterocycles. The molecule has 30 heavy (non-hydrogen) atoms. The number of benzene rings is 3. The molecule has 1 heterocycles. The van der Waals surface area contributed by atoms with Crippen molar-refractivity contribution in [3.8, 4) is 0 Å². The number of hydrogen-bond acceptors (Lipinski definition) is 5. The molecule has 0 saturated carbocycles. The van der Waals surface area contributed by atoms with Gasteiger partial charge >= 0.3 is 0 Å². The number of rotatable bonds is 6. The molecule has 0 aliphatic carbocycles. The van der Waals surface area contributed by atoms with Crippen LogP contribution in [0.15, 0.2) is 82.6 Å². The Morgan fingerprint density at radius 3 is 2.33 bits per heavy atom. The van der Waals surface area contributed by atoms with Crippen molar-refractivity contribution in [1.29, 1.82) is 0 Å². The van der Waals surface area contributed by atoms with Gasteiger partial charge in [-0.25, -0.2) is 8.42 Å². The number of halogens is 1. The van der Waals surface area contributed by atoms with Gasteiger partial charge in [0.25, 0.3) is 0 Å². The number of nitrogens with one attached hydrogen (secondary N) is 1. The van der Waals surface area contributed by atoms with Crippen LogP contribution in [0.4, 0.5) is 0 Å². The Balaban J connectivity index is 1.65. The zero-order valence-electron chi connectivity index (χ0n) is 16.0. The molecule has 0 bridgehead atoms. The second-order valence-corrected chi connectivity index (χ2v) is 11.9. The smallest absolute Gasteiger partial charge is 0.187 e. The molecular formula is C22H22ClNO4S2. The lowest BCUT2D eigenvalue weighted by molar-refractivity contribution is 0.491. The molecule has 3 aromatic rings. The predicted molar refractivity (Wildman–Crippen MR) is 121 cm³/mol. The van der Waals surface area contributed by atoms with Gasteiger partial charge in [-0.1, -0.05) is 54.1 Å². The summed E-state index contributed by atoms with van der Waals surface area (Å²) < 4.78 is 47.9. The van der Waals surface area contributed by atoms with E-state index in [0.717, 1.165) is 11.1 Å². The first-order valence-electron chi connectivity index (χ1n) is 9.41. The predicted octanol–water partition coefficient (Wildman–Crippen LogP) is 5.27. The summed E-state index contributed by atoms with van der Waals surface area (Å²) in [6.07, 6.45) is 0. The molecule has 1 unspecified atom stereocenters. The Bertz CT molecular complexity index is 1150. The SMILES string of the molecule is O=S(=O)(c1ccccc1)C1CS(O)(O)c2cccc(CNCc3ccc(Cl)cc3)c21. The fourth-order valence-corrected chi connectivity index (χ4v) is 8.37. The molecule has 0 fully saturated rings. The normalized spacial score (nSPS) is 18.7. The van der Waals surface area contributed by atoms with E-state index in [9.17, 15) is 17.5 Å². The van der Waals surface area contributed by atoms with Gasteiger partial charge < -0.3 is 5.32 Å². The third-order valence-corrected chi connectivity index (χ3v) is 9.62. The molecule has 3 aromatic carbocycles. The molecule has 1 atom stereocenters. The fraction of sp³-hybridized carbons (Fsp3) is 0.182. The van der Waals surface area contributed by atoms with Crippen LogP contribution in [0.1, 0.15) is 21.9 Å². The van der Waals surface area contributed by atoms with Crippen molar-refractivity contribution in [3.05, 3.63) is 94.5 Å². The molecule has 5 nitrogen and oxygen atoms in total. The van der Waals surface area contributed by atoms with Gasteiger partial charge in [-0.15, -0.1) is 0 Å². The van der Waals surface area contributed by atoms with E-state index in [1.807, 2.05) is 30.3 Å². The minimum absolute atomic E-state index is 0.182. The third-order valence-electron chi connectivity index (χ3n) is 5.22. The maximum atomic E-state index is 13.3. The molecule has 0 aromatic heterocycles. The summed E-state index contributed by atoms with van der Waals surface area (Å²) in [7, 11) is -6.94. The van der Waals surface area contributed by atoms with E-state index in [4.69, 9.17) is 11.6 Å². The van der Waals surface area contributed by atoms with E-state index < -0.39 is 25.7 Å². The standard InChI is InChI=1S/C22H22ClNO4S2/c23-18-11-9-16(10-12-18)13-24-14-17-5-4-8-20-22(17)21(15-29(20,25)26)30(27,28)19-6-2-1-3-7-19/h1-12,21,24-26H,13-15H2. The maximum absolute atomic E-state index is 13.3. The summed E-state index contributed by atoms with van der Waals surface area (Å²) in [4.78, 5) is 0.514. The molecule has 3 N–H and O–H groups in total. The highest BCUT2D eigenvalue weighted by atomic mass is 35.5. The molecule has 0 radical (unpaired) electrons. The summed E-state index contributed by atoms with van der Waals surface area (Å²) >= 11 is 5.92. The van der Waals surface area contributed by atoms with Gasteiger partial charge in [0.2, 0.25) is 0 Å². The summed E-state index contributed by atoms with van der Waals surface area (Å²) in [5.41, 5.74) is 2.30. The van der Waals surface area contributed by atoms with E-state index in [1.54, 1.807) is 42.5 Å². The highest BCUT2D eigenvalue weighted by Crippen LogP contribution is 2.62. The fourth-order valence-electron chi connectivity index (χ4n) is 3.74. The van der Waals surface area contributed by atoms with Crippen LogP contribution in [0, 0.1) is 0 Å². The minimum Gasteiger partial charge on any atom is -0.309 e. The van der Waals surface area contributed by atoms with Crippen molar-refractivity contribution in [2.75, 3.05) is 5.75 Å². The second kappa shape index (κ2) is 8.34. The second-order valence-electron chi connectivity index (χ2n) is 7.24. The zero-order chi connectivity index (χ0) is 21.4. The summed E-state index contributed by atoms with van der Waals surface area (Å²) in [5.74, 6) is -0.215. The van der Waals surface area contributed by atoms with Crippen LogP contribution in [-0.2, 0) is 22.9 Å². The Kier molecular flexibility index (Phi) is 5.94. The quantitative estimate of drug-likeness (QED) is 0.463. The summed E-state index contributed by atoms with van der Waals surface area (Å²) in [6, 6.07) is 20.8. The van der Waals surface area contributed by atoms with Crippen LogP contribution in [0.2, 0.25) is 5.02 Å². The molecule has 158 valence electrons. The third kappa shape index (κ3) is 4.14. The first-order valence-corrected chi connectivity index (χ1v) is 13.0. The lowest BCUT2D eigenvalue weighted by Crippen LogP contribution is -2.19. The van der Waals surface area contributed by atoms with E-state index in [2.05, 4.69) is 5.32 Å². The Labute approximate surface area is 183 Å². The monoisotopic (exact) mass is 463 g/mol. The molecule has 8 heteroatoms. The molecule has 4 rings (SSSR count). The van der Waals surface area contributed by atoms with Crippen LogP contribution >= 0.6 is 22.2 Å². The first kappa shape index (κ1) is 21.4. The van der Waals surface area contributed by atoms with E-state index in [-0.39, 0.29) is 10.6 Å². The number of sulfone groups is 1. The van der Waals surface area contributed by atoms with Gasteiger partial charge in [0.15, 0.2) is 9.84 Å². The van der Waals surface area contributed by atoms with Crippen molar-refractivity contribution in [2.24, 2.45) is 0 Å². The van der Waals surface area contributed by atoms with Crippen molar-refractivity contribution < 1.29 is 17.5 Å². The highest BCUT2D eigenvalue weighted by molar-refractivity contribution is 8.25. The Morgan fingerprint density at radius 2 is 1.63 bits per heavy atom. The van der Waals surface area contributed by atoms with Crippen LogP contribution in [0.5, 0.6) is 0 Å². The van der Waals surface area contributed by atoms with Crippen LogP contribution in [0.25, 0.3) is 0 Å². The summed E-state index contributed by atoms with van der Waals surface area (Å²) in [5, 5.41) is 2.99. The molecule has 0 spiro atoms. The van der Waals surface area contributed by atoms with Crippen molar-refractivity contribution >= 4 is 32.0 Å². The van der Waals surface area contributed by atoms with Crippen LogP contribution in [0.3, 0.4) is 0 Å².